The van der Waals surface area contributed by atoms with Gasteiger partial charge in [-0.15, -0.1) is 5.10 Å². The fraction of sp³-hybridized carbons (Fsp3) is 0.0833. The SMILES string of the molecule is COc1ccccc1-c1nc(NCc2cccnc2)nc2nn(-c3ccc(F)cc3)c(N)c12. The molecule has 0 spiro atoms. The van der Waals surface area contributed by atoms with Gasteiger partial charge in [-0.25, -0.2) is 14.1 Å². The van der Waals surface area contributed by atoms with Gasteiger partial charge in [-0.3, -0.25) is 4.98 Å². The summed E-state index contributed by atoms with van der Waals surface area (Å²) >= 11 is 0. The van der Waals surface area contributed by atoms with Crippen LogP contribution in [-0.4, -0.2) is 31.8 Å². The van der Waals surface area contributed by atoms with E-state index in [-0.39, 0.29) is 5.82 Å². The molecule has 33 heavy (non-hydrogen) atoms. The van der Waals surface area contributed by atoms with Crippen LogP contribution in [0.1, 0.15) is 5.56 Å². The molecule has 0 bridgehead atoms. The van der Waals surface area contributed by atoms with Crippen molar-refractivity contribution in [3.8, 4) is 22.7 Å². The predicted molar refractivity (Wildman–Crippen MR) is 125 cm³/mol. The van der Waals surface area contributed by atoms with Gasteiger partial charge in [0.2, 0.25) is 5.95 Å². The molecule has 0 aliphatic rings. The number of methoxy groups -OCH3 is 1. The number of hydrogen-bond acceptors (Lipinski definition) is 7. The monoisotopic (exact) mass is 441 g/mol. The number of nitrogen functional groups attached to an aromatic ring is 1. The second-order valence-electron chi connectivity index (χ2n) is 7.28. The maximum Gasteiger partial charge on any atom is 0.225 e. The summed E-state index contributed by atoms with van der Waals surface area (Å²) in [4.78, 5) is 13.5. The molecule has 164 valence electrons. The third-order valence-electron chi connectivity index (χ3n) is 5.18. The van der Waals surface area contributed by atoms with Crippen LogP contribution in [0.3, 0.4) is 0 Å². The molecule has 0 unspecified atom stereocenters. The zero-order valence-corrected chi connectivity index (χ0v) is 17.7. The lowest BCUT2D eigenvalue weighted by Crippen LogP contribution is -2.05. The highest BCUT2D eigenvalue weighted by molar-refractivity contribution is 6.00. The summed E-state index contributed by atoms with van der Waals surface area (Å²) in [5.74, 6) is 1.03. The Kier molecular flexibility index (Phi) is 5.27. The van der Waals surface area contributed by atoms with Crippen molar-refractivity contribution in [3.05, 3.63) is 84.4 Å². The van der Waals surface area contributed by atoms with Crippen LogP contribution in [0.4, 0.5) is 16.2 Å². The maximum atomic E-state index is 13.4. The zero-order chi connectivity index (χ0) is 22.8. The van der Waals surface area contributed by atoms with Crippen LogP contribution in [0.5, 0.6) is 5.75 Å². The molecule has 0 amide bonds. The number of para-hydroxylation sites is 1. The molecule has 2 aromatic carbocycles. The number of hydrogen-bond donors (Lipinski definition) is 2. The topological polar surface area (TPSA) is 104 Å². The number of ether oxygens (including phenoxy) is 1. The van der Waals surface area contributed by atoms with E-state index in [0.717, 1.165) is 11.1 Å². The van der Waals surface area contributed by atoms with E-state index in [2.05, 4.69) is 20.4 Å². The van der Waals surface area contributed by atoms with Crippen LogP contribution in [0.15, 0.2) is 73.1 Å². The highest BCUT2D eigenvalue weighted by Crippen LogP contribution is 2.37. The molecule has 3 heterocycles. The van der Waals surface area contributed by atoms with Crippen LogP contribution in [0.2, 0.25) is 0 Å². The lowest BCUT2D eigenvalue weighted by atomic mass is 10.1. The average Bonchev–Trinajstić information content (AvgIpc) is 3.19. The van der Waals surface area contributed by atoms with E-state index in [9.17, 15) is 4.39 Å². The van der Waals surface area contributed by atoms with Crippen molar-refractivity contribution in [2.24, 2.45) is 0 Å². The summed E-state index contributed by atoms with van der Waals surface area (Å²) < 4.78 is 20.5. The summed E-state index contributed by atoms with van der Waals surface area (Å²) in [6.45, 7) is 0.485. The van der Waals surface area contributed by atoms with Crippen LogP contribution >= 0.6 is 0 Å². The summed E-state index contributed by atoms with van der Waals surface area (Å²) in [5, 5.41) is 8.41. The highest BCUT2D eigenvalue weighted by atomic mass is 19.1. The second kappa shape index (κ2) is 8.54. The second-order valence-corrected chi connectivity index (χ2v) is 7.28. The molecular formula is C24H20FN7O. The third-order valence-corrected chi connectivity index (χ3v) is 5.18. The third kappa shape index (κ3) is 3.91. The first kappa shape index (κ1) is 20.4. The molecule has 0 aliphatic carbocycles. The van der Waals surface area contributed by atoms with Crippen molar-refractivity contribution >= 4 is 22.8 Å². The van der Waals surface area contributed by atoms with Crippen molar-refractivity contribution < 1.29 is 9.13 Å². The predicted octanol–water partition coefficient (Wildman–Crippen LogP) is 4.22. The van der Waals surface area contributed by atoms with E-state index in [4.69, 9.17) is 15.5 Å². The van der Waals surface area contributed by atoms with Crippen LogP contribution < -0.4 is 15.8 Å². The van der Waals surface area contributed by atoms with Crippen molar-refractivity contribution in [2.75, 3.05) is 18.2 Å². The Balaban J connectivity index is 1.67. The van der Waals surface area contributed by atoms with Gasteiger partial charge in [-0.05, 0) is 48.0 Å². The van der Waals surface area contributed by atoms with E-state index >= 15 is 0 Å². The Morgan fingerprint density at radius 3 is 2.61 bits per heavy atom. The largest absolute Gasteiger partial charge is 0.496 e. The normalized spacial score (nSPS) is 11.0. The Hall–Kier alpha value is -4.53. The van der Waals surface area contributed by atoms with E-state index in [1.807, 2.05) is 36.4 Å². The number of pyridine rings is 1. The standard InChI is InChI=1S/C24H20FN7O/c1-33-19-7-3-2-6-18(19)21-20-22(26)32(17-10-8-16(25)9-11-17)31-23(20)30-24(29-21)28-14-15-5-4-12-27-13-15/h2-13H,14,26H2,1H3,(H,28,30,31). The van der Waals surface area contributed by atoms with Crippen molar-refractivity contribution in [1.29, 1.82) is 0 Å². The number of anilines is 2. The average molecular weight is 441 g/mol. The molecule has 5 aromatic rings. The Morgan fingerprint density at radius 1 is 1.03 bits per heavy atom. The summed E-state index contributed by atoms with van der Waals surface area (Å²) in [6.07, 6.45) is 3.49. The van der Waals surface area contributed by atoms with Gasteiger partial charge in [0, 0.05) is 24.5 Å². The molecule has 3 N–H and O–H groups in total. The molecule has 0 fully saturated rings. The Bertz CT molecular complexity index is 1420. The van der Waals surface area contributed by atoms with Gasteiger partial charge < -0.3 is 15.8 Å². The first-order valence-corrected chi connectivity index (χ1v) is 10.2. The number of halogens is 1. The number of benzene rings is 2. The van der Waals surface area contributed by atoms with E-state index in [1.165, 1.54) is 16.8 Å². The number of nitrogens with one attached hydrogen (secondary N) is 1. The van der Waals surface area contributed by atoms with E-state index in [0.29, 0.717) is 46.5 Å². The highest BCUT2D eigenvalue weighted by Gasteiger charge is 2.21. The van der Waals surface area contributed by atoms with Gasteiger partial charge in [-0.2, -0.15) is 4.98 Å². The zero-order valence-electron chi connectivity index (χ0n) is 17.7. The minimum Gasteiger partial charge on any atom is -0.496 e. The number of nitrogens with two attached hydrogens (primary N) is 1. The lowest BCUT2D eigenvalue weighted by Gasteiger charge is -2.11. The van der Waals surface area contributed by atoms with Gasteiger partial charge in [0.25, 0.3) is 0 Å². The van der Waals surface area contributed by atoms with Gasteiger partial charge in [0.15, 0.2) is 5.65 Å². The Morgan fingerprint density at radius 2 is 1.85 bits per heavy atom. The molecule has 9 heteroatoms. The summed E-state index contributed by atoms with van der Waals surface area (Å²) in [6, 6.07) is 17.3. The number of fused-ring (bicyclic) bond motifs is 1. The number of nitrogens with zero attached hydrogens (tertiary/aromatic N) is 5. The van der Waals surface area contributed by atoms with E-state index in [1.54, 1.807) is 31.6 Å². The van der Waals surface area contributed by atoms with Crippen molar-refractivity contribution in [3.63, 3.8) is 0 Å². The fourth-order valence-electron chi connectivity index (χ4n) is 3.59. The molecular weight excluding hydrogens is 421 g/mol. The molecule has 0 aliphatic heterocycles. The lowest BCUT2D eigenvalue weighted by molar-refractivity contribution is 0.416. The van der Waals surface area contributed by atoms with Crippen LogP contribution in [0.25, 0.3) is 28.0 Å². The molecule has 5 rings (SSSR count). The summed E-state index contributed by atoms with van der Waals surface area (Å²) in [7, 11) is 1.60. The van der Waals surface area contributed by atoms with Crippen molar-refractivity contribution in [2.45, 2.75) is 6.54 Å². The summed E-state index contributed by atoms with van der Waals surface area (Å²) in [5.41, 5.74) is 9.84. The Labute approximate surface area is 188 Å². The molecule has 8 nitrogen and oxygen atoms in total. The van der Waals surface area contributed by atoms with Gasteiger partial charge >= 0.3 is 0 Å². The van der Waals surface area contributed by atoms with E-state index < -0.39 is 0 Å². The molecule has 0 saturated heterocycles. The molecule has 0 saturated carbocycles. The maximum absolute atomic E-state index is 13.4. The fourth-order valence-corrected chi connectivity index (χ4v) is 3.59. The van der Waals surface area contributed by atoms with Gasteiger partial charge in [0.05, 0.1) is 23.9 Å². The van der Waals surface area contributed by atoms with Gasteiger partial charge in [-0.1, -0.05) is 18.2 Å². The first-order chi connectivity index (χ1) is 16.1. The minimum atomic E-state index is -0.342. The molecule has 0 radical (unpaired) electrons. The first-order valence-electron chi connectivity index (χ1n) is 10.2. The molecule has 0 atom stereocenters. The quantitative estimate of drug-likeness (QED) is 0.407. The van der Waals surface area contributed by atoms with Crippen LogP contribution in [-0.2, 0) is 6.54 Å². The molecule has 3 aromatic heterocycles. The van der Waals surface area contributed by atoms with Gasteiger partial charge in [0.1, 0.15) is 17.4 Å². The number of aromatic nitrogens is 5. The smallest absolute Gasteiger partial charge is 0.225 e. The number of rotatable bonds is 6. The minimum absolute atomic E-state index is 0.342. The van der Waals surface area contributed by atoms with Crippen molar-refractivity contribution in [1.82, 2.24) is 24.7 Å². The van der Waals surface area contributed by atoms with Crippen LogP contribution in [0, 0.1) is 5.82 Å².